The van der Waals surface area contributed by atoms with Crippen LogP contribution in [-0.4, -0.2) is 38.3 Å². The van der Waals surface area contributed by atoms with Gasteiger partial charge in [-0.1, -0.05) is 37.3 Å². The number of carbonyl (C=O) groups excluding carboxylic acids is 1. The molecule has 0 saturated carbocycles. The van der Waals surface area contributed by atoms with Gasteiger partial charge in [0, 0.05) is 18.5 Å². The number of fused-ring (bicyclic) bond motifs is 1. The van der Waals surface area contributed by atoms with E-state index in [1.54, 1.807) is 16.4 Å². The molecule has 6 nitrogen and oxygen atoms in total. The summed E-state index contributed by atoms with van der Waals surface area (Å²) in [5.41, 5.74) is 1.32. The molecule has 27 heavy (non-hydrogen) atoms. The second-order valence-electron chi connectivity index (χ2n) is 7.36. The molecule has 0 radical (unpaired) electrons. The van der Waals surface area contributed by atoms with Gasteiger partial charge in [-0.15, -0.1) is 0 Å². The third-order valence-corrected chi connectivity index (χ3v) is 7.19. The van der Waals surface area contributed by atoms with E-state index in [0.717, 1.165) is 18.4 Å². The standard InChI is InChI=1S/C20H22N2O4S/c1-20(15-6-3-2-4-7-15)10-5-11-22(14-20)27(24,25)16-8-9-18-17(12-16)21-19(23)13-26-18/h2-4,6-9,12H,5,10-11,13-14H2,1H3,(H,21,23)/t20-/m0/s1. The number of benzene rings is 2. The van der Waals surface area contributed by atoms with E-state index in [1.165, 1.54) is 6.07 Å². The molecule has 7 heteroatoms. The van der Waals surface area contributed by atoms with Crippen LogP contribution in [0, 0.1) is 0 Å². The minimum atomic E-state index is -3.67. The molecule has 2 aromatic carbocycles. The minimum Gasteiger partial charge on any atom is -0.482 e. The molecule has 2 aliphatic heterocycles. The zero-order valence-corrected chi connectivity index (χ0v) is 16.0. The SMILES string of the molecule is C[C@]1(c2ccccc2)CCCN(S(=O)(=O)c2ccc3c(c2)NC(=O)CO3)C1. The predicted molar refractivity (Wildman–Crippen MR) is 102 cm³/mol. The molecule has 1 saturated heterocycles. The first-order valence-electron chi connectivity index (χ1n) is 9.01. The monoisotopic (exact) mass is 386 g/mol. The molecule has 1 amide bonds. The number of nitrogens with zero attached hydrogens (tertiary/aromatic N) is 1. The summed E-state index contributed by atoms with van der Waals surface area (Å²) in [5, 5.41) is 2.67. The number of nitrogens with one attached hydrogen (secondary N) is 1. The summed E-state index contributed by atoms with van der Waals surface area (Å²) in [6, 6.07) is 14.7. The Morgan fingerprint density at radius 3 is 2.70 bits per heavy atom. The minimum absolute atomic E-state index is 0.0549. The summed E-state index contributed by atoms with van der Waals surface area (Å²) in [4.78, 5) is 11.7. The molecule has 2 aliphatic rings. The number of hydrogen-bond donors (Lipinski definition) is 1. The number of sulfonamides is 1. The summed E-state index contributed by atoms with van der Waals surface area (Å²) in [6.45, 7) is 2.98. The van der Waals surface area contributed by atoms with Gasteiger partial charge in [0.05, 0.1) is 10.6 Å². The van der Waals surface area contributed by atoms with Gasteiger partial charge in [0.1, 0.15) is 5.75 Å². The average Bonchev–Trinajstić information content (AvgIpc) is 2.68. The Balaban J connectivity index is 1.64. The van der Waals surface area contributed by atoms with Gasteiger partial charge in [-0.3, -0.25) is 4.79 Å². The fraction of sp³-hybridized carbons (Fsp3) is 0.350. The van der Waals surface area contributed by atoms with Crippen LogP contribution in [0.3, 0.4) is 0 Å². The summed E-state index contributed by atoms with van der Waals surface area (Å²) in [5.74, 6) is 0.202. The van der Waals surface area contributed by atoms with Crippen molar-refractivity contribution in [1.82, 2.24) is 4.31 Å². The number of carbonyl (C=O) groups is 1. The molecule has 0 spiro atoms. The highest BCUT2D eigenvalue weighted by Gasteiger charge is 2.38. The molecule has 0 unspecified atom stereocenters. The fourth-order valence-electron chi connectivity index (χ4n) is 3.85. The first kappa shape index (κ1) is 18.0. The van der Waals surface area contributed by atoms with E-state index in [-0.39, 0.29) is 22.8 Å². The summed E-state index contributed by atoms with van der Waals surface area (Å²) in [6.07, 6.45) is 1.74. The number of amides is 1. The van der Waals surface area contributed by atoms with Gasteiger partial charge in [-0.25, -0.2) is 8.42 Å². The largest absolute Gasteiger partial charge is 0.482 e. The number of piperidine rings is 1. The Morgan fingerprint density at radius 2 is 1.93 bits per heavy atom. The van der Waals surface area contributed by atoms with Crippen molar-refractivity contribution < 1.29 is 17.9 Å². The number of rotatable bonds is 3. The van der Waals surface area contributed by atoms with Gasteiger partial charge in [0.25, 0.3) is 5.91 Å². The number of hydrogen-bond acceptors (Lipinski definition) is 4. The quantitative estimate of drug-likeness (QED) is 0.880. The van der Waals surface area contributed by atoms with E-state index in [1.807, 2.05) is 18.2 Å². The molecule has 1 N–H and O–H groups in total. The average molecular weight is 386 g/mol. The van der Waals surface area contributed by atoms with Crippen molar-refractivity contribution in [2.24, 2.45) is 0 Å². The van der Waals surface area contributed by atoms with E-state index >= 15 is 0 Å². The Hall–Kier alpha value is -2.38. The topological polar surface area (TPSA) is 75.7 Å². The maximum absolute atomic E-state index is 13.2. The molecular weight excluding hydrogens is 364 g/mol. The molecule has 0 aromatic heterocycles. The highest BCUT2D eigenvalue weighted by molar-refractivity contribution is 7.89. The Labute approximate surface area is 159 Å². The third-order valence-electron chi connectivity index (χ3n) is 5.35. The van der Waals surface area contributed by atoms with Gasteiger partial charge in [0.15, 0.2) is 6.61 Å². The molecule has 0 aliphatic carbocycles. The molecule has 2 aromatic rings. The summed E-state index contributed by atoms with van der Waals surface area (Å²) < 4.78 is 33.4. The lowest BCUT2D eigenvalue weighted by atomic mass is 9.77. The van der Waals surface area contributed by atoms with Crippen LogP contribution >= 0.6 is 0 Å². The smallest absolute Gasteiger partial charge is 0.262 e. The second kappa shape index (κ2) is 6.65. The van der Waals surface area contributed by atoms with Crippen LogP contribution in [0.15, 0.2) is 53.4 Å². The lowest BCUT2D eigenvalue weighted by Crippen LogP contribution is -2.47. The Bertz CT molecular complexity index is 975. The molecule has 0 bridgehead atoms. The zero-order valence-electron chi connectivity index (χ0n) is 15.1. The predicted octanol–water partition coefficient (Wildman–Crippen LogP) is 2.76. The van der Waals surface area contributed by atoms with Gasteiger partial charge < -0.3 is 10.1 Å². The Morgan fingerprint density at radius 1 is 1.15 bits per heavy atom. The third kappa shape index (κ3) is 3.33. The van der Waals surface area contributed by atoms with Crippen LogP contribution < -0.4 is 10.1 Å². The van der Waals surface area contributed by atoms with E-state index in [2.05, 4.69) is 24.4 Å². The van der Waals surface area contributed by atoms with Crippen LogP contribution in [0.2, 0.25) is 0 Å². The molecule has 142 valence electrons. The van der Waals surface area contributed by atoms with E-state index in [4.69, 9.17) is 4.74 Å². The van der Waals surface area contributed by atoms with Crippen LogP contribution in [0.5, 0.6) is 5.75 Å². The van der Waals surface area contributed by atoms with Crippen LogP contribution in [0.25, 0.3) is 0 Å². The molecule has 1 atom stereocenters. The van der Waals surface area contributed by atoms with E-state index in [0.29, 0.717) is 24.5 Å². The van der Waals surface area contributed by atoms with Crippen molar-refractivity contribution in [2.45, 2.75) is 30.1 Å². The van der Waals surface area contributed by atoms with E-state index < -0.39 is 10.0 Å². The number of ether oxygens (including phenoxy) is 1. The zero-order chi connectivity index (χ0) is 19.1. The lowest BCUT2D eigenvalue weighted by molar-refractivity contribution is -0.118. The van der Waals surface area contributed by atoms with Crippen LogP contribution in [0.4, 0.5) is 5.69 Å². The van der Waals surface area contributed by atoms with Crippen molar-refractivity contribution in [1.29, 1.82) is 0 Å². The normalized spacial score (nSPS) is 23.2. The van der Waals surface area contributed by atoms with Crippen molar-refractivity contribution in [3.05, 3.63) is 54.1 Å². The maximum atomic E-state index is 13.2. The first-order valence-corrected chi connectivity index (χ1v) is 10.4. The highest BCUT2D eigenvalue weighted by atomic mass is 32.2. The highest BCUT2D eigenvalue weighted by Crippen LogP contribution is 2.37. The molecule has 4 rings (SSSR count). The van der Waals surface area contributed by atoms with E-state index in [9.17, 15) is 13.2 Å². The first-order chi connectivity index (χ1) is 12.9. The number of anilines is 1. The fourth-order valence-corrected chi connectivity index (χ4v) is 5.48. The maximum Gasteiger partial charge on any atom is 0.262 e. The second-order valence-corrected chi connectivity index (χ2v) is 9.30. The van der Waals surface area contributed by atoms with Crippen LogP contribution in [-0.2, 0) is 20.2 Å². The molecule has 1 fully saturated rings. The van der Waals surface area contributed by atoms with Gasteiger partial charge in [0.2, 0.25) is 10.0 Å². The lowest BCUT2D eigenvalue weighted by Gasteiger charge is -2.40. The van der Waals surface area contributed by atoms with Gasteiger partial charge in [-0.05, 0) is 36.6 Å². The molecule has 2 heterocycles. The molecular formula is C20H22N2O4S. The summed E-state index contributed by atoms with van der Waals surface area (Å²) >= 11 is 0. The van der Waals surface area contributed by atoms with Gasteiger partial charge in [-0.2, -0.15) is 4.31 Å². The summed E-state index contributed by atoms with van der Waals surface area (Å²) in [7, 11) is -3.67. The Kier molecular flexibility index (Phi) is 4.44. The van der Waals surface area contributed by atoms with Gasteiger partial charge >= 0.3 is 0 Å². The van der Waals surface area contributed by atoms with Crippen molar-refractivity contribution in [2.75, 3.05) is 25.0 Å². The van der Waals surface area contributed by atoms with Crippen LogP contribution in [0.1, 0.15) is 25.3 Å². The van der Waals surface area contributed by atoms with Crippen molar-refractivity contribution in [3.63, 3.8) is 0 Å². The van der Waals surface area contributed by atoms with Crippen molar-refractivity contribution >= 4 is 21.6 Å². The van der Waals surface area contributed by atoms with Crippen molar-refractivity contribution in [3.8, 4) is 5.75 Å².